The molecule has 1 N–H and O–H groups in total. The number of hydrogen-bond acceptors (Lipinski definition) is 1. The number of phenols is 1. The number of halogens is 1. The molecule has 0 fully saturated rings. The van der Waals surface area contributed by atoms with Crippen LogP contribution in [0.2, 0.25) is 5.02 Å². The molecule has 0 unspecified atom stereocenters. The molecule has 0 aliphatic carbocycles. The van der Waals surface area contributed by atoms with Gasteiger partial charge in [-0.05, 0) is 41.0 Å². The zero-order valence-electron chi connectivity index (χ0n) is 10.6. The van der Waals surface area contributed by atoms with E-state index >= 15 is 0 Å². The molecule has 0 saturated carbocycles. The first-order valence-electron chi connectivity index (χ1n) is 5.73. The van der Waals surface area contributed by atoms with E-state index in [2.05, 4.69) is 20.8 Å². The van der Waals surface area contributed by atoms with Crippen LogP contribution in [0.3, 0.4) is 0 Å². The Balaban J connectivity index is 2.95. The first-order chi connectivity index (χ1) is 7.80. The van der Waals surface area contributed by atoms with Crippen LogP contribution in [0.5, 0.6) is 5.75 Å². The summed E-state index contributed by atoms with van der Waals surface area (Å²) in [6, 6.07) is 7.56. The Bertz CT molecular complexity index is 579. The van der Waals surface area contributed by atoms with Gasteiger partial charge in [0.2, 0.25) is 0 Å². The van der Waals surface area contributed by atoms with Crippen molar-refractivity contribution in [1.82, 2.24) is 0 Å². The van der Waals surface area contributed by atoms with E-state index in [9.17, 15) is 5.11 Å². The highest BCUT2D eigenvalue weighted by Gasteiger charge is 2.20. The molecule has 0 aliphatic heterocycles. The first-order valence-corrected chi connectivity index (χ1v) is 6.11. The van der Waals surface area contributed by atoms with Gasteiger partial charge >= 0.3 is 0 Å². The SMILES string of the molecule is Cc1ccc2cc(O)cc(C(C)(C)C)c2c1Cl. The summed E-state index contributed by atoms with van der Waals surface area (Å²) in [5.74, 6) is 0.294. The molecule has 2 rings (SSSR count). The summed E-state index contributed by atoms with van der Waals surface area (Å²) in [6.45, 7) is 8.38. The van der Waals surface area contributed by atoms with Gasteiger partial charge in [0.15, 0.2) is 0 Å². The lowest BCUT2D eigenvalue weighted by atomic mass is 9.83. The molecule has 2 heteroatoms. The van der Waals surface area contributed by atoms with E-state index in [4.69, 9.17) is 11.6 Å². The highest BCUT2D eigenvalue weighted by atomic mass is 35.5. The third kappa shape index (κ3) is 2.12. The van der Waals surface area contributed by atoms with Crippen molar-refractivity contribution in [3.8, 4) is 5.75 Å². The highest BCUT2D eigenvalue weighted by molar-refractivity contribution is 6.36. The van der Waals surface area contributed by atoms with Gasteiger partial charge < -0.3 is 5.11 Å². The lowest BCUT2D eigenvalue weighted by Crippen LogP contribution is -2.12. The van der Waals surface area contributed by atoms with Crippen LogP contribution in [0.25, 0.3) is 10.8 Å². The third-order valence-electron chi connectivity index (χ3n) is 3.04. The number of phenolic OH excluding ortho intramolecular Hbond substituents is 1. The van der Waals surface area contributed by atoms with Crippen molar-refractivity contribution in [3.63, 3.8) is 0 Å². The Morgan fingerprint density at radius 1 is 1.12 bits per heavy atom. The Hall–Kier alpha value is -1.21. The number of aryl methyl sites for hydroxylation is 1. The second-order valence-corrected chi connectivity index (χ2v) is 5.92. The van der Waals surface area contributed by atoms with Gasteiger partial charge in [0.25, 0.3) is 0 Å². The molecule has 0 spiro atoms. The number of hydrogen-bond donors (Lipinski definition) is 1. The Morgan fingerprint density at radius 3 is 2.35 bits per heavy atom. The fraction of sp³-hybridized carbons (Fsp3) is 0.333. The molecule has 0 saturated heterocycles. The number of benzene rings is 2. The van der Waals surface area contributed by atoms with Gasteiger partial charge in [0, 0.05) is 5.39 Å². The number of rotatable bonds is 0. The molecule has 0 aliphatic rings. The van der Waals surface area contributed by atoms with Crippen LogP contribution in [-0.4, -0.2) is 5.11 Å². The normalized spacial score (nSPS) is 12.1. The van der Waals surface area contributed by atoms with Crippen molar-refractivity contribution < 1.29 is 5.11 Å². The summed E-state index contributed by atoms with van der Waals surface area (Å²) in [5, 5.41) is 12.6. The zero-order valence-corrected chi connectivity index (χ0v) is 11.4. The van der Waals surface area contributed by atoms with Crippen molar-refractivity contribution in [2.45, 2.75) is 33.1 Å². The second kappa shape index (κ2) is 3.92. The molecule has 1 nitrogen and oxygen atoms in total. The first kappa shape index (κ1) is 12.3. The lowest BCUT2D eigenvalue weighted by molar-refractivity contribution is 0.472. The Labute approximate surface area is 107 Å². The molecule has 90 valence electrons. The standard InChI is InChI=1S/C15H17ClO/c1-9-5-6-10-7-11(17)8-12(15(2,3)4)13(10)14(9)16/h5-8,17H,1-4H3. The van der Waals surface area contributed by atoms with Crippen LogP contribution in [-0.2, 0) is 5.41 Å². The van der Waals surface area contributed by atoms with Gasteiger partial charge in [-0.3, -0.25) is 0 Å². The van der Waals surface area contributed by atoms with Crippen molar-refractivity contribution >= 4 is 22.4 Å². The summed E-state index contributed by atoms with van der Waals surface area (Å²) in [7, 11) is 0. The van der Waals surface area contributed by atoms with Crippen LogP contribution in [0, 0.1) is 6.92 Å². The van der Waals surface area contributed by atoms with Crippen LogP contribution in [0.15, 0.2) is 24.3 Å². The van der Waals surface area contributed by atoms with Crippen molar-refractivity contribution in [2.75, 3.05) is 0 Å². The summed E-state index contributed by atoms with van der Waals surface area (Å²) in [4.78, 5) is 0. The van der Waals surface area contributed by atoms with E-state index in [0.29, 0.717) is 5.75 Å². The van der Waals surface area contributed by atoms with Crippen LogP contribution < -0.4 is 0 Å². The molecular weight excluding hydrogens is 232 g/mol. The summed E-state index contributed by atoms with van der Waals surface area (Å²) in [6.07, 6.45) is 0. The Kier molecular flexibility index (Phi) is 2.82. The lowest BCUT2D eigenvalue weighted by Gasteiger charge is -2.23. The number of aromatic hydroxyl groups is 1. The molecule has 0 heterocycles. The quantitative estimate of drug-likeness (QED) is 0.710. The minimum absolute atomic E-state index is 0.0472. The van der Waals surface area contributed by atoms with E-state index in [1.807, 2.05) is 25.1 Å². The predicted molar refractivity (Wildman–Crippen MR) is 74.1 cm³/mol. The van der Waals surface area contributed by atoms with Gasteiger partial charge in [0.05, 0.1) is 5.02 Å². The minimum atomic E-state index is -0.0472. The van der Waals surface area contributed by atoms with E-state index in [0.717, 1.165) is 26.9 Å². The van der Waals surface area contributed by atoms with Gasteiger partial charge in [0.1, 0.15) is 5.75 Å². The fourth-order valence-corrected chi connectivity index (χ4v) is 2.38. The largest absolute Gasteiger partial charge is 0.508 e. The Morgan fingerprint density at radius 2 is 1.76 bits per heavy atom. The van der Waals surface area contributed by atoms with Crippen LogP contribution >= 0.6 is 11.6 Å². The van der Waals surface area contributed by atoms with Crippen molar-refractivity contribution in [3.05, 3.63) is 40.4 Å². The summed E-state index contributed by atoms with van der Waals surface area (Å²) in [5.41, 5.74) is 2.10. The van der Waals surface area contributed by atoms with Gasteiger partial charge in [-0.15, -0.1) is 0 Å². The van der Waals surface area contributed by atoms with E-state index in [1.54, 1.807) is 6.07 Å². The monoisotopic (exact) mass is 248 g/mol. The smallest absolute Gasteiger partial charge is 0.116 e. The van der Waals surface area contributed by atoms with Crippen LogP contribution in [0.4, 0.5) is 0 Å². The number of fused-ring (bicyclic) bond motifs is 1. The maximum absolute atomic E-state index is 9.79. The molecule has 17 heavy (non-hydrogen) atoms. The highest BCUT2D eigenvalue weighted by Crippen LogP contribution is 2.38. The van der Waals surface area contributed by atoms with E-state index in [-0.39, 0.29) is 5.41 Å². The zero-order chi connectivity index (χ0) is 12.8. The molecule has 0 radical (unpaired) electrons. The third-order valence-corrected chi connectivity index (χ3v) is 3.53. The average Bonchev–Trinajstić information content (AvgIpc) is 2.21. The molecular formula is C15H17ClO. The van der Waals surface area contributed by atoms with Gasteiger partial charge in [-0.2, -0.15) is 0 Å². The molecule has 0 aromatic heterocycles. The van der Waals surface area contributed by atoms with E-state index < -0.39 is 0 Å². The molecule has 0 bridgehead atoms. The average molecular weight is 249 g/mol. The van der Waals surface area contributed by atoms with Crippen molar-refractivity contribution in [1.29, 1.82) is 0 Å². The predicted octanol–water partition coefficient (Wildman–Crippen LogP) is 4.80. The summed E-state index contributed by atoms with van der Waals surface area (Å²) < 4.78 is 0. The maximum Gasteiger partial charge on any atom is 0.116 e. The van der Waals surface area contributed by atoms with Gasteiger partial charge in [-0.1, -0.05) is 44.5 Å². The van der Waals surface area contributed by atoms with Crippen molar-refractivity contribution in [2.24, 2.45) is 0 Å². The van der Waals surface area contributed by atoms with Gasteiger partial charge in [-0.25, -0.2) is 0 Å². The van der Waals surface area contributed by atoms with E-state index in [1.165, 1.54) is 0 Å². The molecule has 2 aromatic rings. The minimum Gasteiger partial charge on any atom is -0.508 e. The second-order valence-electron chi connectivity index (χ2n) is 5.54. The summed E-state index contributed by atoms with van der Waals surface area (Å²) >= 11 is 6.41. The topological polar surface area (TPSA) is 20.2 Å². The molecule has 2 aromatic carbocycles. The molecule has 0 atom stereocenters. The maximum atomic E-state index is 9.79. The fourth-order valence-electron chi connectivity index (χ4n) is 2.10. The molecule has 0 amide bonds. The van der Waals surface area contributed by atoms with Crippen LogP contribution in [0.1, 0.15) is 31.9 Å².